The largest absolute Gasteiger partial charge is 0.329 e. The summed E-state index contributed by atoms with van der Waals surface area (Å²) in [6.45, 7) is 2.30. The summed E-state index contributed by atoms with van der Waals surface area (Å²) in [5, 5.41) is 3.19. The second-order valence-corrected chi connectivity index (χ2v) is 5.72. The molecule has 0 spiro atoms. The minimum atomic E-state index is -3.08. The first-order chi connectivity index (χ1) is 7.54. The molecular weight excluding hydrogens is 224 g/mol. The Bertz CT molecular complexity index is 412. The van der Waals surface area contributed by atoms with Crippen molar-refractivity contribution in [2.24, 2.45) is 5.73 Å². The van der Waals surface area contributed by atoms with Crippen molar-refractivity contribution in [3.8, 4) is 0 Å². The lowest BCUT2D eigenvalue weighted by molar-refractivity contribution is 0.602. The van der Waals surface area contributed by atoms with Crippen molar-refractivity contribution < 1.29 is 8.42 Å². The Hall–Kier alpha value is -0.910. The van der Waals surface area contributed by atoms with E-state index in [0.717, 1.165) is 25.1 Å². The minimum Gasteiger partial charge on any atom is -0.329 e. The van der Waals surface area contributed by atoms with Gasteiger partial charge < -0.3 is 11.1 Å². The van der Waals surface area contributed by atoms with Gasteiger partial charge in [-0.3, -0.25) is 0 Å². The molecule has 0 atom stereocenters. The monoisotopic (exact) mass is 242 g/mol. The van der Waals surface area contributed by atoms with Crippen LogP contribution in [0.5, 0.6) is 0 Å². The van der Waals surface area contributed by atoms with Gasteiger partial charge in [0.05, 0.1) is 4.90 Å². The second kappa shape index (κ2) is 5.98. The van der Waals surface area contributed by atoms with E-state index in [0.29, 0.717) is 11.4 Å². The summed E-state index contributed by atoms with van der Waals surface area (Å²) in [5.41, 5.74) is 6.47. The van der Waals surface area contributed by atoms with Crippen molar-refractivity contribution in [3.63, 3.8) is 0 Å². The molecule has 0 saturated carbocycles. The van der Waals surface area contributed by atoms with Crippen molar-refractivity contribution in [1.29, 1.82) is 0 Å². The van der Waals surface area contributed by atoms with Crippen LogP contribution in [0.25, 0.3) is 0 Å². The van der Waals surface area contributed by atoms with E-state index >= 15 is 0 Å². The van der Waals surface area contributed by atoms with E-state index in [-0.39, 0.29) is 0 Å². The van der Waals surface area contributed by atoms with E-state index in [1.807, 2.05) is 12.1 Å². The van der Waals surface area contributed by atoms with Gasteiger partial charge in [-0.25, -0.2) is 8.42 Å². The Kier molecular flexibility index (Phi) is 4.92. The molecule has 1 rings (SSSR count). The predicted octanol–water partition coefficient (Wildman–Crippen LogP) is 0.181. The van der Waals surface area contributed by atoms with Gasteiger partial charge in [0.1, 0.15) is 0 Å². The summed E-state index contributed by atoms with van der Waals surface area (Å²) in [6.07, 6.45) is 2.09. The maximum Gasteiger partial charge on any atom is 0.175 e. The van der Waals surface area contributed by atoms with Crippen LogP contribution in [0.1, 0.15) is 5.56 Å². The highest BCUT2D eigenvalue weighted by Gasteiger charge is 2.05. The SMILES string of the molecule is CS(=O)(=O)c1ccc(CCNCCN)cc1. The standard InChI is InChI=1S/C11H18N2O2S/c1-16(14,15)11-4-2-10(3-5-11)6-8-13-9-7-12/h2-5,13H,6-9,12H2,1H3. The molecular formula is C11H18N2O2S. The summed E-state index contributed by atoms with van der Waals surface area (Å²) in [7, 11) is -3.08. The number of rotatable bonds is 6. The number of hydrogen-bond acceptors (Lipinski definition) is 4. The van der Waals surface area contributed by atoms with Gasteiger partial charge in [0.2, 0.25) is 0 Å². The van der Waals surface area contributed by atoms with Crippen LogP contribution in [0.15, 0.2) is 29.2 Å². The molecule has 0 aromatic heterocycles. The summed E-state index contributed by atoms with van der Waals surface area (Å²) in [4.78, 5) is 0.367. The average Bonchev–Trinajstić information content (AvgIpc) is 2.24. The van der Waals surface area contributed by atoms with Crippen molar-refractivity contribution in [1.82, 2.24) is 5.32 Å². The third kappa shape index (κ3) is 4.30. The fourth-order valence-electron chi connectivity index (χ4n) is 1.36. The molecule has 5 heteroatoms. The van der Waals surface area contributed by atoms with E-state index in [4.69, 9.17) is 5.73 Å². The van der Waals surface area contributed by atoms with E-state index in [1.165, 1.54) is 6.26 Å². The highest BCUT2D eigenvalue weighted by molar-refractivity contribution is 7.90. The van der Waals surface area contributed by atoms with Gasteiger partial charge in [-0.1, -0.05) is 12.1 Å². The quantitative estimate of drug-likeness (QED) is 0.698. The van der Waals surface area contributed by atoms with E-state index in [9.17, 15) is 8.42 Å². The minimum absolute atomic E-state index is 0.367. The smallest absolute Gasteiger partial charge is 0.175 e. The van der Waals surface area contributed by atoms with Gasteiger partial charge in [0, 0.05) is 19.3 Å². The van der Waals surface area contributed by atoms with E-state index < -0.39 is 9.84 Å². The van der Waals surface area contributed by atoms with Gasteiger partial charge in [-0.2, -0.15) is 0 Å². The number of benzene rings is 1. The average molecular weight is 242 g/mol. The van der Waals surface area contributed by atoms with Gasteiger partial charge >= 0.3 is 0 Å². The molecule has 0 radical (unpaired) electrons. The predicted molar refractivity (Wildman–Crippen MR) is 65.2 cm³/mol. The summed E-state index contributed by atoms with van der Waals surface area (Å²) in [5.74, 6) is 0. The van der Waals surface area contributed by atoms with Crippen molar-refractivity contribution in [2.75, 3.05) is 25.9 Å². The van der Waals surface area contributed by atoms with Crippen molar-refractivity contribution in [2.45, 2.75) is 11.3 Å². The van der Waals surface area contributed by atoms with Gasteiger partial charge in [0.25, 0.3) is 0 Å². The molecule has 0 aliphatic rings. The summed E-state index contributed by atoms with van der Waals surface area (Å²) >= 11 is 0. The van der Waals surface area contributed by atoms with Crippen LogP contribution in [0.3, 0.4) is 0 Å². The molecule has 0 unspecified atom stereocenters. The summed E-state index contributed by atoms with van der Waals surface area (Å²) in [6, 6.07) is 6.99. The first-order valence-corrected chi connectivity index (χ1v) is 7.13. The number of hydrogen-bond donors (Lipinski definition) is 2. The number of sulfone groups is 1. The Morgan fingerprint density at radius 1 is 1.19 bits per heavy atom. The molecule has 0 saturated heterocycles. The zero-order valence-corrected chi connectivity index (χ0v) is 10.3. The van der Waals surface area contributed by atoms with E-state index in [2.05, 4.69) is 5.32 Å². The Labute approximate surface area is 96.8 Å². The van der Waals surface area contributed by atoms with Crippen LogP contribution in [0, 0.1) is 0 Å². The molecule has 0 heterocycles. The zero-order valence-electron chi connectivity index (χ0n) is 9.44. The van der Waals surface area contributed by atoms with Crippen LogP contribution in [-0.4, -0.2) is 34.3 Å². The van der Waals surface area contributed by atoms with Crippen LogP contribution >= 0.6 is 0 Å². The maximum atomic E-state index is 11.2. The Balaban J connectivity index is 2.52. The fraction of sp³-hybridized carbons (Fsp3) is 0.455. The number of nitrogens with one attached hydrogen (secondary N) is 1. The van der Waals surface area contributed by atoms with Gasteiger partial charge in [0.15, 0.2) is 9.84 Å². The van der Waals surface area contributed by atoms with Gasteiger partial charge in [-0.15, -0.1) is 0 Å². The fourth-order valence-corrected chi connectivity index (χ4v) is 1.99. The molecule has 0 fully saturated rings. The first-order valence-electron chi connectivity index (χ1n) is 5.24. The molecule has 0 bridgehead atoms. The molecule has 1 aromatic rings. The van der Waals surface area contributed by atoms with Crippen LogP contribution < -0.4 is 11.1 Å². The lowest BCUT2D eigenvalue weighted by Gasteiger charge is -2.04. The topological polar surface area (TPSA) is 72.2 Å². The normalized spacial score (nSPS) is 11.6. The second-order valence-electron chi connectivity index (χ2n) is 3.70. The third-order valence-electron chi connectivity index (χ3n) is 2.26. The van der Waals surface area contributed by atoms with E-state index in [1.54, 1.807) is 12.1 Å². The molecule has 4 nitrogen and oxygen atoms in total. The number of nitrogens with two attached hydrogens (primary N) is 1. The lowest BCUT2D eigenvalue weighted by atomic mass is 10.1. The highest BCUT2D eigenvalue weighted by atomic mass is 32.2. The Morgan fingerprint density at radius 2 is 1.81 bits per heavy atom. The zero-order chi connectivity index (χ0) is 12.0. The maximum absolute atomic E-state index is 11.2. The third-order valence-corrected chi connectivity index (χ3v) is 3.39. The Morgan fingerprint density at radius 3 is 2.31 bits per heavy atom. The summed E-state index contributed by atoms with van der Waals surface area (Å²) < 4.78 is 22.4. The van der Waals surface area contributed by atoms with Crippen LogP contribution in [0.4, 0.5) is 0 Å². The molecule has 0 aliphatic heterocycles. The first kappa shape index (κ1) is 13.2. The van der Waals surface area contributed by atoms with Crippen molar-refractivity contribution in [3.05, 3.63) is 29.8 Å². The molecule has 90 valence electrons. The van der Waals surface area contributed by atoms with Gasteiger partial charge in [-0.05, 0) is 30.7 Å². The van der Waals surface area contributed by atoms with Crippen LogP contribution in [-0.2, 0) is 16.3 Å². The van der Waals surface area contributed by atoms with Crippen molar-refractivity contribution >= 4 is 9.84 Å². The molecule has 0 aliphatic carbocycles. The molecule has 16 heavy (non-hydrogen) atoms. The molecule has 0 amide bonds. The highest BCUT2D eigenvalue weighted by Crippen LogP contribution is 2.10. The molecule has 3 N–H and O–H groups in total. The molecule has 1 aromatic carbocycles. The van der Waals surface area contributed by atoms with Crippen LogP contribution in [0.2, 0.25) is 0 Å². The lowest BCUT2D eigenvalue weighted by Crippen LogP contribution is -2.24.